The molecule has 0 spiro atoms. The van der Waals surface area contributed by atoms with Crippen LogP contribution in [0.3, 0.4) is 0 Å². The molecule has 1 unspecified atom stereocenters. The van der Waals surface area contributed by atoms with Gasteiger partial charge in [0.15, 0.2) is 0 Å². The molecule has 2 amide bonds. The van der Waals surface area contributed by atoms with Crippen molar-refractivity contribution < 1.29 is 14.0 Å². The first-order valence-electron chi connectivity index (χ1n) is 8.64. The van der Waals surface area contributed by atoms with Crippen molar-refractivity contribution in [2.75, 3.05) is 28.7 Å². The number of carbonyl (C=O) groups excluding carboxylic acids is 2. The Labute approximate surface area is 152 Å². The molecule has 1 heterocycles. The van der Waals surface area contributed by atoms with E-state index < -0.39 is 11.9 Å². The smallest absolute Gasteiger partial charge is 0.249 e. The van der Waals surface area contributed by atoms with Crippen LogP contribution in [0, 0.1) is 5.82 Å². The summed E-state index contributed by atoms with van der Waals surface area (Å²) in [7, 11) is 1.70. The average Bonchev–Trinajstić information content (AvgIpc) is 2.64. The van der Waals surface area contributed by atoms with Crippen LogP contribution >= 0.6 is 0 Å². The van der Waals surface area contributed by atoms with Crippen LogP contribution in [-0.2, 0) is 9.59 Å². The summed E-state index contributed by atoms with van der Waals surface area (Å²) in [6, 6.07) is 13.2. The van der Waals surface area contributed by atoms with E-state index >= 15 is 0 Å². The largest absolute Gasteiger partial charge is 0.374 e. The number of hydrogen-bond acceptors (Lipinski definition) is 3. The zero-order valence-corrected chi connectivity index (χ0v) is 14.9. The van der Waals surface area contributed by atoms with Gasteiger partial charge < -0.3 is 15.1 Å². The molecule has 0 saturated carbocycles. The Balaban J connectivity index is 1.78. The molecule has 1 aliphatic rings. The van der Waals surface area contributed by atoms with Crippen LogP contribution in [0.15, 0.2) is 48.5 Å². The lowest BCUT2D eigenvalue weighted by atomic mass is 10.0. The molecule has 0 aromatic heterocycles. The highest BCUT2D eigenvalue weighted by Gasteiger charge is 2.30. The minimum Gasteiger partial charge on any atom is -0.374 e. The molecule has 1 atom stereocenters. The summed E-state index contributed by atoms with van der Waals surface area (Å²) in [4.78, 5) is 27.4. The Hall–Kier alpha value is -2.89. The van der Waals surface area contributed by atoms with E-state index in [1.807, 2.05) is 24.3 Å². The molecule has 136 valence electrons. The summed E-state index contributed by atoms with van der Waals surface area (Å²) in [5.41, 5.74) is 1.81. The van der Waals surface area contributed by atoms with Crippen LogP contribution in [0.1, 0.15) is 19.8 Å². The Morgan fingerprint density at radius 3 is 2.73 bits per heavy atom. The predicted octanol–water partition coefficient (Wildman–Crippen LogP) is 3.42. The third-order valence-electron chi connectivity index (χ3n) is 4.63. The van der Waals surface area contributed by atoms with E-state index in [0.717, 1.165) is 17.8 Å². The van der Waals surface area contributed by atoms with Crippen molar-refractivity contribution in [1.29, 1.82) is 0 Å². The monoisotopic (exact) mass is 355 g/mol. The van der Waals surface area contributed by atoms with Crippen LogP contribution in [0.5, 0.6) is 0 Å². The predicted molar refractivity (Wildman–Crippen MR) is 101 cm³/mol. The summed E-state index contributed by atoms with van der Waals surface area (Å²) >= 11 is 0. The number of benzene rings is 2. The average molecular weight is 355 g/mol. The first-order valence-corrected chi connectivity index (χ1v) is 8.64. The van der Waals surface area contributed by atoms with Gasteiger partial charge in [-0.05, 0) is 43.2 Å². The second-order valence-corrected chi connectivity index (χ2v) is 6.41. The highest BCUT2D eigenvalue weighted by atomic mass is 19.1. The second kappa shape index (κ2) is 7.56. The topological polar surface area (TPSA) is 52.7 Å². The van der Waals surface area contributed by atoms with E-state index in [9.17, 15) is 14.0 Å². The van der Waals surface area contributed by atoms with E-state index in [1.54, 1.807) is 30.1 Å². The molecular weight excluding hydrogens is 333 g/mol. The Kier molecular flexibility index (Phi) is 5.21. The van der Waals surface area contributed by atoms with Gasteiger partial charge in [-0.2, -0.15) is 0 Å². The maximum Gasteiger partial charge on any atom is 0.249 e. The van der Waals surface area contributed by atoms with Gasteiger partial charge in [0.25, 0.3) is 0 Å². The van der Waals surface area contributed by atoms with Crippen molar-refractivity contribution >= 4 is 28.9 Å². The van der Waals surface area contributed by atoms with Crippen molar-refractivity contribution in [3.63, 3.8) is 0 Å². The van der Waals surface area contributed by atoms with Gasteiger partial charge in [-0.15, -0.1) is 0 Å². The lowest BCUT2D eigenvalue weighted by Crippen LogP contribution is -2.48. The van der Waals surface area contributed by atoms with Crippen LogP contribution < -0.4 is 15.1 Å². The van der Waals surface area contributed by atoms with Gasteiger partial charge in [-0.3, -0.25) is 9.59 Å². The molecule has 0 bridgehead atoms. The van der Waals surface area contributed by atoms with E-state index in [4.69, 9.17) is 0 Å². The highest BCUT2D eigenvalue weighted by molar-refractivity contribution is 5.99. The number of nitrogens with zero attached hydrogens (tertiary/aromatic N) is 2. The molecule has 1 fully saturated rings. The van der Waals surface area contributed by atoms with Gasteiger partial charge in [0.1, 0.15) is 11.9 Å². The molecule has 2 aromatic carbocycles. The maximum absolute atomic E-state index is 14.1. The number of rotatable bonds is 4. The maximum atomic E-state index is 14.1. The van der Waals surface area contributed by atoms with E-state index in [-0.39, 0.29) is 11.8 Å². The third kappa shape index (κ3) is 3.69. The molecule has 5 nitrogen and oxygen atoms in total. The summed E-state index contributed by atoms with van der Waals surface area (Å²) in [5, 5.41) is 3.23. The second-order valence-electron chi connectivity index (χ2n) is 6.41. The Bertz CT molecular complexity index is 824. The summed E-state index contributed by atoms with van der Waals surface area (Å²) < 4.78 is 14.1. The lowest BCUT2D eigenvalue weighted by molar-refractivity contribution is -0.120. The van der Waals surface area contributed by atoms with Gasteiger partial charge in [0.05, 0.1) is 5.69 Å². The molecule has 1 saturated heterocycles. The van der Waals surface area contributed by atoms with Crippen LogP contribution in [0.4, 0.5) is 21.5 Å². The molecule has 6 heteroatoms. The first kappa shape index (κ1) is 17.9. The summed E-state index contributed by atoms with van der Waals surface area (Å²) in [5.74, 6) is -0.611. The summed E-state index contributed by atoms with van der Waals surface area (Å²) in [6.07, 6.45) is 1.46. The quantitative estimate of drug-likeness (QED) is 0.914. The van der Waals surface area contributed by atoms with Crippen molar-refractivity contribution in [2.45, 2.75) is 25.8 Å². The van der Waals surface area contributed by atoms with Crippen molar-refractivity contribution in [1.82, 2.24) is 0 Å². The molecule has 26 heavy (non-hydrogen) atoms. The zero-order valence-electron chi connectivity index (χ0n) is 14.9. The van der Waals surface area contributed by atoms with Crippen LogP contribution in [0.2, 0.25) is 0 Å². The molecule has 3 rings (SSSR count). The molecule has 1 aliphatic heterocycles. The normalized spacial score (nSPS) is 17.1. The fourth-order valence-corrected chi connectivity index (χ4v) is 3.11. The third-order valence-corrected chi connectivity index (χ3v) is 4.63. The Morgan fingerprint density at radius 1 is 1.23 bits per heavy atom. The van der Waals surface area contributed by atoms with Gasteiger partial charge >= 0.3 is 0 Å². The van der Waals surface area contributed by atoms with E-state index in [0.29, 0.717) is 18.7 Å². The summed E-state index contributed by atoms with van der Waals surface area (Å²) in [6.45, 7) is 2.00. The zero-order chi connectivity index (χ0) is 18.7. The Morgan fingerprint density at radius 2 is 2.00 bits per heavy atom. The number of amides is 2. The lowest BCUT2D eigenvalue weighted by Gasteiger charge is -2.33. The number of piperidine rings is 1. The number of hydrogen-bond donors (Lipinski definition) is 1. The van der Waals surface area contributed by atoms with Gasteiger partial charge in [-0.25, -0.2) is 4.39 Å². The number of nitrogens with one attached hydrogen (secondary N) is 1. The van der Waals surface area contributed by atoms with E-state index in [1.165, 1.54) is 17.9 Å². The fraction of sp³-hybridized carbons (Fsp3) is 0.300. The van der Waals surface area contributed by atoms with Crippen molar-refractivity contribution in [3.8, 4) is 0 Å². The molecule has 2 aromatic rings. The minimum atomic E-state index is -0.429. The highest BCUT2D eigenvalue weighted by Crippen LogP contribution is 2.26. The van der Waals surface area contributed by atoms with Crippen LogP contribution in [-0.4, -0.2) is 31.4 Å². The number of anilines is 3. The number of para-hydroxylation sites is 1. The number of halogens is 1. The van der Waals surface area contributed by atoms with Gasteiger partial charge in [0.2, 0.25) is 11.8 Å². The van der Waals surface area contributed by atoms with Crippen molar-refractivity contribution in [2.24, 2.45) is 0 Å². The molecule has 1 N–H and O–H groups in total. The minimum absolute atomic E-state index is 0.0679. The first-order chi connectivity index (χ1) is 12.5. The molecule has 0 radical (unpaired) electrons. The fourth-order valence-electron chi connectivity index (χ4n) is 3.11. The number of carbonyl (C=O) groups is 2. The standard InChI is InChI=1S/C20H22FN3O2/c1-14(25)23(2)16-8-5-7-15(13-16)22-18-10-6-12-24(20(18)26)19-11-4-3-9-17(19)21/h3-5,7-9,11,13,18,22H,6,10,12H2,1-2H3. The molecule has 0 aliphatic carbocycles. The SMILES string of the molecule is CC(=O)N(C)c1cccc(NC2CCCN(c3ccccc3F)C2=O)c1. The van der Waals surface area contributed by atoms with Crippen molar-refractivity contribution in [3.05, 3.63) is 54.3 Å². The van der Waals surface area contributed by atoms with Gasteiger partial charge in [0, 0.05) is 31.9 Å². The molecular formula is C20H22FN3O2. The van der Waals surface area contributed by atoms with Gasteiger partial charge in [-0.1, -0.05) is 18.2 Å². The van der Waals surface area contributed by atoms with Crippen LogP contribution in [0.25, 0.3) is 0 Å². The van der Waals surface area contributed by atoms with E-state index in [2.05, 4.69) is 5.32 Å².